The zero-order chi connectivity index (χ0) is 8.55. The Labute approximate surface area is 75.9 Å². The summed E-state index contributed by atoms with van der Waals surface area (Å²) >= 11 is 3.06. The third kappa shape index (κ3) is 1.14. The largest absolute Gasteiger partial charge is 0.438 e. The Balaban J connectivity index is 2.50. The predicted octanol–water partition coefficient (Wildman–Crippen LogP) is 1.80. The molecule has 6 heteroatoms. The van der Waals surface area contributed by atoms with Crippen molar-refractivity contribution < 1.29 is 8.94 Å². The van der Waals surface area contributed by atoms with Crippen molar-refractivity contribution in [3.63, 3.8) is 0 Å². The van der Waals surface area contributed by atoms with Gasteiger partial charge >= 0.3 is 0 Å². The molecule has 0 saturated carbocycles. The zero-order valence-corrected chi connectivity index (χ0v) is 7.70. The summed E-state index contributed by atoms with van der Waals surface area (Å²) in [5.41, 5.74) is 0.728. The maximum atomic E-state index is 5.04. The average molecular weight is 230 g/mol. The first-order valence-corrected chi connectivity index (χ1v) is 3.96. The van der Waals surface area contributed by atoms with Gasteiger partial charge in [-0.1, -0.05) is 0 Å². The number of aryl methyl sites for hydroxylation is 1. The Hall–Kier alpha value is -1.17. The molecule has 0 radical (unpaired) electrons. The summed E-state index contributed by atoms with van der Waals surface area (Å²) in [4.78, 5) is 7.81. The van der Waals surface area contributed by atoms with Crippen LogP contribution in [0.3, 0.4) is 0 Å². The molecule has 5 nitrogen and oxygen atoms in total. The van der Waals surface area contributed by atoms with Gasteiger partial charge in [0.15, 0.2) is 6.39 Å². The lowest BCUT2D eigenvalue weighted by molar-refractivity contribution is 0.411. The van der Waals surface area contributed by atoms with Crippen LogP contribution >= 0.6 is 15.9 Å². The van der Waals surface area contributed by atoms with Gasteiger partial charge in [-0.3, -0.25) is 0 Å². The van der Waals surface area contributed by atoms with Gasteiger partial charge in [0, 0.05) is 0 Å². The minimum atomic E-state index is 0.330. The van der Waals surface area contributed by atoms with E-state index in [2.05, 4.69) is 31.1 Å². The van der Waals surface area contributed by atoms with E-state index < -0.39 is 0 Å². The van der Waals surface area contributed by atoms with Crippen LogP contribution in [0.4, 0.5) is 0 Å². The number of rotatable bonds is 1. The second-order valence-electron chi connectivity index (χ2n) is 2.14. The predicted molar refractivity (Wildman–Crippen MR) is 42.2 cm³/mol. The molecular formula is C6H4BrN3O2. The first-order chi connectivity index (χ1) is 5.77. The lowest BCUT2D eigenvalue weighted by Gasteiger charge is -1.84. The highest BCUT2D eigenvalue weighted by Gasteiger charge is 2.13. The van der Waals surface area contributed by atoms with Gasteiger partial charge in [-0.05, 0) is 28.0 Å². The molecular weight excluding hydrogens is 226 g/mol. The number of nitrogens with zero attached hydrogens (tertiary/aromatic N) is 3. The van der Waals surface area contributed by atoms with Gasteiger partial charge in [-0.25, -0.2) is 4.98 Å². The lowest BCUT2D eigenvalue weighted by atomic mass is 10.4. The van der Waals surface area contributed by atoms with Crippen LogP contribution in [-0.4, -0.2) is 15.1 Å². The maximum absolute atomic E-state index is 5.04. The van der Waals surface area contributed by atoms with E-state index in [1.165, 1.54) is 6.39 Å². The first-order valence-electron chi connectivity index (χ1n) is 3.17. The van der Waals surface area contributed by atoms with Crippen molar-refractivity contribution in [2.75, 3.05) is 0 Å². The zero-order valence-electron chi connectivity index (χ0n) is 6.11. The van der Waals surface area contributed by atoms with Gasteiger partial charge < -0.3 is 8.94 Å². The van der Waals surface area contributed by atoms with Crippen LogP contribution in [-0.2, 0) is 0 Å². The summed E-state index contributed by atoms with van der Waals surface area (Å²) in [6.45, 7) is 1.80. The van der Waals surface area contributed by atoms with E-state index in [-0.39, 0.29) is 0 Å². The van der Waals surface area contributed by atoms with Crippen molar-refractivity contribution in [1.29, 1.82) is 0 Å². The fourth-order valence-electron chi connectivity index (χ4n) is 0.805. The van der Waals surface area contributed by atoms with Gasteiger partial charge in [0.25, 0.3) is 5.89 Å². The Kier molecular flexibility index (Phi) is 1.69. The van der Waals surface area contributed by atoms with Gasteiger partial charge in [-0.15, -0.1) is 0 Å². The molecule has 0 aliphatic carbocycles. The van der Waals surface area contributed by atoms with E-state index >= 15 is 0 Å². The number of halogens is 1. The molecule has 0 amide bonds. The van der Waals surface area contributed by atoms with Crippen LogP contribution in [0.25, 0.3) is 11.7 Å². The van der Waals surface area contributed by atoms with Crippen LogP contribution in [0.2, 0.25) is 0 Å². The van der Waals surface area contributed by atoms with E-state index in [1.807, 2.05) is 0 Å². The molecule has 2 aromatic rings. The summed E-state index contributed by atoms with van der Waals surface area (Å²) in [7, 11) is 0. The van der Waals surface area contributed by atoms with Gasteiger partial charge in [0.2, 0.25) is 10.5 Å². The van der Waals surface area contributed by atoms with E-state index in [0.29, 0.717) is 16.4 Å². The van der Waals surface area contributed by atoms with E-state index in [4.69, 9.17) is 8.94 Å². The van der Waals surface area contributed by atoms with E-state index in [0.717, 1.165) is 5.69 Å². The SMILES string of the molecule is Cc1ncoc1-c1nc(Br)no1. The van der Waals surface area contributed by atoms with Crippen LogP contribution in [0.15, 0.2) is 20.1 Å². The molecule has 0 aliphatic heterocycles. The van der Waals surface area contributed by atoms with Crippen LogP contribution in [0.1, 0.15) is 5.69 Å². The minimum Gasteiger partial charge on any atom is -0.438 e. The topological polar surface area (TPSA) is 65.0 Å². The van der Waals surface area contributed by atoms with E-state index in [9.17, 15) is 0 Å². The molecule has 0 fully saturated rings. The fraction of sp³-hybridized carbons (Fsp3) is 0.167. The molecule has 12 heavy (non-hydrogen) atoms. The summed E-state index contributed by atoms with van der Waals surface area (Å²) in [5.74, 6) is 0.838. The third-order valence-electron chi connectivity index (χ3n) is 1.34. The number of aromatic nitrogens is 3. The highest BCUT2D eigenvalue weighted by Crippen LogP contribution is 2.21. The first kappa shape index (κ1) is 7.48. The third-order valence-corrected chi connectivity index (χ3v) is 1.66. The quantitative estimate of drug-likeness (QED) is 0.747. The lowest BCUT2D eigenvalue weighted by Crippen LogP contribution is -1.77. The molecule has 0 aromatic carbocycles. The molecule has 0 atom stereocenters. The van der Waals surface area contributed by atoms with Gasteiger partial charge in [-0.2, -0.15) is 4.98 Å². The number of hydrogen-bond acceptors (Lipinski definition) is 5. The molecule has 0 saturated heterocycles. The van der Waals surface area contributed by atoms with Gasteiger partial charge in [0.1, 0.15) is 0 Å². The summed E-state index contributed by atoms with van der Waals surface area (Å²) in [6.07, 6.45) is 1.34. The Bertz CT molecular complexity index is 395. The second kappa shape index (κ2) is 2.71. The molecule has 2 rings (SSSR count). The van der Waals surface area contributed by atoms with Crippen molar-refractivity contribution in [3.05, 3.63) is 16.8 Å². The van der Waals surface area contributed by atoms with Crippen molar-refractivity contribution in [2.24, 2.45) is 0 Å². The maximum Gasteiger partial charge on any atom is 0.296 e. The standard InChI is InChI=1S/C6H4BrN3O2/c1-3-4(11-2-8-3)5-9-6(7)10-12-5/h2H,1H3. The molecule has 2 aromatic heterocycles. The number of hydrogen-bond donors (Lipinski definition) is 0. The Morgan fingerprint density at radius 2 is 2.33 bits per heavy atom. The monoisotopic (exact) mass is 229 g/mol. The normalized spacial score (nSPS) is 10.5. The van der Waals surface area contributed by atoms with Crippen molar-refractivity contribution >= 4 is 15.9 Å². The minimum absolute atomic E-state index is 0.330. The summed E-state index contributed by atoms with van der Waals surface area (Å²) < 4.78 is 10.3. The fourth-order valence-corrected chi connectivity index (χ4v) is 1.04. The second-order valence-corrected chi connectivity index (χ2v) is 2.84. The Morgan fingerprint density at radius 1 is 1.50 bits per heavy atom. The van der Waals surface area contributed by atoms with Crippen molar-refractivity contribution in [3.8, 4) is 11.7 Å². The molecule has 0 unspecified atom stereocenters. The smallest absolute Gasteiger partial charge is 0.296 e. The number of oxazole rings is 1. The average Bonchev–Trinajstić information content (AvgIpc) is 2.58. The van der Waals surface area contributed by atoms with Crippen LogP contribution in [0.5, 0.6) is 0 Å². The molecule has 0 aliphatic rings. The van der Waals surface area contributed by atoms with Crippen molar-refractivity contribution in [1.82, 2.24) is 15.1 Å². The van der Waals surface area contributed by atoms with Crippen LogP contribution < -0.4 is 0 Å². The molecule has 0 N–H and O–H groups in total. The Morgan fingerprint density at radius 3 is 2.83 bits per heavy atom. The van der Waals surface area contributed by atoms with E-state index in [1.54, 1.807) is 6.92 Å². The highest BCUT2D eigenvalue weighted by atomic mass is 79.9. The molecule has 62 valence electrons. The molecule has 0 spiro atoms. The van der Waals surface area contributed by atoms with Crippen molar-refractivity contribution in [2.45, 2.75) is 6.92 Å². The molecule has 0 bridgehead atoms. The molecule has 2 heterocycles. The highest BCUT2D eigenvalue weighted by molar-refractivity contribution is 9.10. The van der Waals surface area contributed by atoms with Crippen LogP contribution in [0, 0.1) is 6.92 Å². The summed E-state index contributed by atoms with van der Waals surface area (Å²) in [6, 6.07) is 0. The van der Waals surface area contributed by atoms with Gasteiger partial charge in [0.05, 0.1) is 5.69 Å². The summed E-state index contributed by atoms with van der Waals surface area (Å²) in [5, 5.41) is 3.56.